The highest BCUT2D eigenvalue weighted by Gasteiger charge is 2.10. The van der Waals surface area contributed by atoms with E-state index in [9.17, 15) is 0 Å². The van der Waals surface area contributed by atoms with Gasteiger partial charge < -0.3 is 4.74 Å². The van der Waals surface area contributed by atoms with Crippen molar-refractivity contribution in [3.8, 4) is 11.5 Å². The lowest BCUT2D eigenvalue weighted by atomic mass is 10.3. The molecule has 2 aromatic carbocycles. The van der Waals surface area contributed by atoms with Gasteiger partial charge in [-0.05, 0) is 78.1 Å². The third-order valence-corrected chi connectivity index (χ3v) is 5.65. The van der Waals surface area contributed by atoms with Gasteiger partial charge in [-0.1, -0.05) is 31.9 Å². The summed E-state index contributed by atoms with van der Waals surface area (Å²) in [6, 6.07) is 9.64. The Bertz CT molecular complexity index is 597. The summed E-state index contributed by atoms with van der Waals surface area (Å²) in [5.41, 5.74) is 0. The number of benzene rings is 2. The van der Waals surface area contributed by atoms with Crippen molar-refractivity contribution in [3.05, 3.63) is 52.7 Å². The number of ether oxygens (including phenoxy) is 1. The molecule has 0 heterocycles. The Morgan fingerprint density at radius 1 is 0.667 bits per heavy atom. The number of halogens is 5. The van der Waals surface area contributed by atoms with Gasteiger partial charge in [-0.3, -0.25) is 0 Å². The summed E-state index contributed by atoms with van der Waals surface area (Å²) < 4.78 is 10.5. The molecule has 0 aromatic heterocycles. The monoisotopic (exact) mass is 560 g/mol. The Morgan fingerprint density at radius 3 is 2.06 bits per heavy atom. The quantitative estimate of drug-likeness (QED) is 0.348. The standard InChI is InChI=1S/C12H5Br5O/c13-6-1-2-8(15)10(4-6)18-11-5-7(14)3-9(16)12(11)17/h1-5H. The molecule has 0 N–H and O–H groups in total. The predicted octanol–water partition coefficient (Wildman–Crippen LogP) is 7.29. The van der Waals surface area contributed by atoms with E-state index in [1.54, 1.807) is 0 Å². The zero-order chi connectivity index (χ0) is 13.3. The van der Waals surface area contributed by atoms with Crippen LogP contribution in [0.1, 0.15) is 0 Å². The molecule has 0 aliphatic carbocycles. The molecule has 2 aromatic rings. The van der Waals surface area contributed by atoms with Crippen LogP contribution in [0.5, 0.6) is 11.5 Å². The normalized spacial score (nSPS) is 10.5. The molecule has 1 nitrogen and oxygen atoms in total. The van der Waals surface area contributed by atoms with Crippen LogP contribution < -0.4 is 4.74 Å². The van der Waals surface area contributed by atoms with Gasteiger partial charge in [-0.25, -0.2) is 0 Å². The summed E-state index contributed by atoms with van der Waals surface area (Å²) in [6.07, 6.45) is 0. The van der Waals surface area contributed by atoms with Crippen LogP contribution in [0, 0.1) is 0 Å². The van der Waals surface area contributed by atoms with Crippen molar-refractivity contribution in [1.82, 2.24) is 0 Å². The van der Waals surface area contributed by atoms with E-state index in [1.807, 2.05) is 30.3 Å². The maximum atomic E-state index is 5.90. The Morgan fingerprint density at radius 2 is 1.33 bits per heavy atom. The van der Waals surface area contributed by atoms with Gasteiger partial charge in [0.05, 0.1) is 8.95 Å². The zero-order valence-electron chi connectivity index (χ0n) is 8.68. The maximum absolute atomic E-state index is 5.90. The maximum Gasteiger partial charge on any atom is 0.143 e. The first kappa shape index (κ1) is 15.0. The smallest absolute Gasteiger partial charge is 0.143 e. The van der Waals surface area contributed by atoms with Crippen LogP contribution in [-0.2, 0) is 0 Å². The van der Waals surface area contributed by atoms with Gasteiger partial charge in [-0.15, -0.1) is 0 Å². The Labute approximate surface area is 147 Å². The number of hydrogen-bond donors (Lipinski definition) is 0. The largest absolute Gasteiger partial charge is 0.455 e. The highest BCUT2D eigenvalue weighted by molar-refractivity contribution is 9.13. The van der Waals surface area contributed by atoms with Gasteiger partial charge in [0.25, 0.3) is 0 Å². The molecule has 0 aliphatic heterocycles. The molecule has 0 amide bonds. The average molecular weight is 565 g/mol. The van der Waals surface area contributed by atoms with E-state index in [1.165, 1.54) is 0 Å². The lowest BCUT2D eigenvalue weighted by Crippen LogP contribution is -1.88. The van der Waals surface area contributed by atoms with E-state index in [-0.39, 0.29) is 0 Å². The fourth-order valence-corrected chi connectivity index (χ4v) is 3.44. The molecule has 0 bridgehead atoms. The number of hydrogen-bond acceptors (Lipinski definition) is 1. The fraction of sp³-hybridized carbons (Fsp3) is 0. The van der Waals surface area contributed by atoms with E-state index < -0.39 is 0 Å². The van der Waals surface area contributed by atoms with E-state index in [0.29, 0.717) is 0 Å². The molecule has 0 unspecified atom stereocenters. The van der Waals surface area contributed by atoms with Crippen molar-refractivity contribution < 1.29 is 4.74 Å². The molecular weight excluding hydrogens is 560 g/mol. The summed E-state index contributed by atoms with van der Waals surface area (Å²) in [5.74, 6) is 1.48. The molecule has 94 valence electrons. The summed E-state index contributed by atoms with van der Waals surface area (Å²) in [4.78, 5) is 0. The molecule has 6 heteroatoms. The van der Waals surface area contributed by atoms with Gasteiger partial charge in [0, 0.05) is 13.4 Å². The third kappa shape index (κ3) is 3.60. The number of rotatable bonds is 2. The van der Waals surface area contributed by atoms with Gasteiger partial charge in [-0.2, -0.15) is 0 Å². The Hall–Kier alpha value is 0.640. The molecule has 0 saturated carbocycles. The minimum atomic E-state index is 0.732. The molecule has 2 rings (SSSR count). The molecule has 0 radical (unpaired) electrons. The molecule has 0 saturated heterocycles. The molecule has 0 spiro atoms. The van der Waals surface area contributed by atoms with Crippen molar-refractivity contribution in [2.75, 3.05) is 0 Å². The van der Waals surface area contributed by atoms with Crippen molar-refractivity contribution >= 4 is 79.6 Å². The van der Waals surface area contributed by atoms with Crippen LogP contribution in [0.2, 0.25) is 0 Å². The molecule has 0 aliphatic rings. The van der Waals surface area contributed by atoms with Crippen LogP contribution in [0.4, 0.5) is 0 Å². The summed E-state index contributed by atoms with van der Waals surface area (Å²) in [5, 5.41) is 0. The van der Waals surface area contributed by atoms with E-state index in [0.717, 1.165) is 33.9 Å². The first-order valence-corrected chi connectivity index (χ1v) is 8.71. The van der Waals surface area contributed by atoms with Gasteiger partial charge in [0.1, 0.15) is 11.5 Å². The van der Waals surface area contributed by atoms with Gasteiger partial charge >= 0.3 is 0 Å². The summed E-state index contributed by atoms with van der Waals surface area (Å²) in [6.45, 7) is 0. The van der Waals surface area contributed by atoms with Crippen LogP contribution >= 0.6 is 79.6 Å². The summed E-state index contributed by atoms with van der Waals surface area (Å²) >= 11 is 17.3. The predicted molar refractivity (Wildman–Crippen MR) is 91.5 cm³/mol. The molecule has 0 atom stereocenters. The van der Waals surface area contributed by atoms with Gasteiger partial charge in [0.15, 0.2) is 0 Å². The van der Waals surface area contributed by atoms with Crippen LogP contribution in [0.25, 0.3) is 0 Å². The highest BCUT2D eigenvalue weighted by atomic mass is 79.9. The minimum Gasteiger partial charge on any atom is -0.455 e. The molecule has 0 fully saturated rings. The Kier molecular flexibility index (Phi) is 5.34. The summed E-state index contributed by atoms with van der Waals surface area (Å²) in [7, 11) is 0. The van der Waals surface area contributed by atoms with Crippen LogP contribution in [0.3, 0.4) is 0 Å². The molecule has 18 heavy (non-hydrogen) atoms. The first-order valence-electron chi connectivity index (χ1n) is 4.75. The Balaban J connectivity index is 2.43. The lowest BCUT2D eigenvalue weighted by Gasteiger charge is -2.11. The topological polar surface area (TPSA) is 9.23 Å². The fourth-order valence-electron chi connectivity index (χ4n) is 1.28. The molecular formula is C12H5Br5O. The SMILES string of the molecule is Brc1ccc(Br)c(Oc2cc(Br)cc(Br)c2Br)c1. The third-order valence-electron chi connectivity index (χ3n) is 2.07. The van der Waals surface area contributed by atoms with Gasteiger partial charge in [0.2, 0.25) is 0 Å². The van der Waals surface area contributed by atoms with Crippen molar-refractivity contribution in [1.29, 1.82) is 0 Å². The average Bonchev–Trinajstić information content (AvgIpc) is 2.30. The lowest BCUT2D eigenvalue weighted by molar-refractivity contribution is 0.475. The van der Waals surface area contributed by atoms with Crippen LogP contribution in [0.15, 0.2) is 52.7 Å². The minimum absolute atomic E-state index is 0.732. The van der Waals surface area contributed by atoms with E-state index >= 15 is 0 Å². The van der Waals surface area contributed by atoms with Crippen molar-refractivity contribution in [3.63, 3.8) is 0 Å². The second kappa shape index (κ2) is 6.39. The van der Waals surface area contributed by atoms with E-state index in [4.69, 9.17) is 4.74 Å². The van der Waals surface area contributed by atoms with Crippen LogP contribution in [-0.4, -0.2) is 0 Å². The van der Waals surface area contributed by atoms with Crippen molar-refractivity contribution in [2.24, 2.45) is 0 Å². The highest BCUT2D eigenvalue weighted by Crippen LogP contribution is 2.40. The van der Waals surface area contributed by atoms with E-state index in [2.05, 4.69) is 79.6 Å². The first-order chi connectivity index (χ1) is 8.47. The second-order valence-electron chi connectivity index (χ2n) is 3.38. The zero-order valence-corrected chi connectivity index (χ0v) is 16.6. The van der Waals surface area contributed by atoms with Crippen molar-refractivity contribution in [2.45, 2.75) is 0 Å². The second-order valence-corrected chi connectivity index (χ2v) is 7.71.